The van der Waals surface area contributed by atoms with Crippen molar-refractivity contribution in [1.29, 1.82) is 0 Å². The third kappa shape index (κ3) is 2.50. The molecule has 1 aromatic heterocycles. The van der Waals surface area contributed by atoms with Crippen LogP contribution in [0.2, 0.25) is 0 Å². The number of pyridine rings is 1. The highest BCUT2D eigenvalue weighted by atomic mass is 16.5. The van der Waals surface area contributed by atoms with E-state index >= 15 is 0 Å². The van der Waals surface area contributed by atoms with Crippen molar-refractivity contribution >= 4 is 0 Å². The van der Waals surface area contributed by atoms with Gasteiger partial charge in [-0.3, -0.25) is 4.98 Å². The number of methoxy groups -OCH3 is 1. The Kier molecular flexibility index (Phi) is 3.50. The minimum Gasteiger partial charge on any atom is -0.381 e. The first-order valence-electron chi connectivity index (χ1n) is 6.21. The fraction of sp³-hybridized carbons (Fsp3) is 0.643. The third-order valence-electron chi connectivity index (χ3n) is 3.96. The molecule has 0 spiro atoms. The van der Waals surface area contributed by atoms with E-state index in [9.17, 15) is 0 Å². The summed E-state index contributed by atoms with van der Waals surface area (Å²) in [5.74, 6) is 0. The lowest BCUT2D eigenvalue weighted by molar-refractivity contribution is -0.0979. The van der Waals surface area contributed by atoms with E-state index in [1.54, 1.807) is 7.11 Å². The van der Waals surface area contributed by atoms with Crippen molar-refractivity contribution in [3.8, 4) is 0 Å². The van der Waals surface area contributed by atoms with Crippen LogP contribution in [0.1, 0.15) is 31.5 Å². The van der Waals surface area contributed by atoms with Crippen LogP contribution in [0.25, 0.3) is 0 Å². The molecule has 2 rings (SSSR count). The molecule has 0 aliphatic heterocycles. The number of ether oxygens (including phenoxy) is 1. The molecule has 0 bridgehead atoms. The first-order chi connectivity index (χ1) is 8.04. The van der Waals surface area contributed by atoms with Crippen LogP contribution in [0.15, 0.2) is 18.3 Å². The lowest BCUT2D eigenvalue weighted by Gasteiger charge is -2.51. The average molecular weight is 234 g/mol. The molecular weight excluding hydrogens is 212 g/mol. The number of hydrogen-bond acceptors (Lipinski definition) is 3. The van der Waals surface area contributed by atoms with Gasteiger partial charge in [0.2, 0.25) is 0 Å². The SMILES string of the molecule is COC1CC(NCc2ccc(C)cn2)C1(C)C. The number of nitrogens with zero attached hydrogens (tertiary/aromatic N) is 1. The topological polar surface area (TPSA) is 34.1 Å². The van der Waals surface area contributed by atoms with Gasteiger partial charge in [0.1, 0.15) is 0 Å². The standard InChI is InChI=1S/C14H22N2O/c1-10-5-6-11(15-8-10)9-16-12-7-13(17-4)14(12,2)3/h5-6,8,12-13,16H,7,9H2,1-4H3. The van der Waals surface area contributed by atoms with Gasteiger partial charge >= 0.3 is 0 Å². The first-order valence-corrected chi connectivity index (χ1v) is 6.21. The van der Waals surface area contributed by atoms with Gasteiger partial charge in [-0.15, -0.1) is 0 Å². The maximum atomic E-state index is 5.44. The van der Waals surface area contributed by atoms with E-state index < -0.39 is 0 Å². The summed E-state index contributed by atoms with van der Waals surface area (Å²) in [6, 6.07) is 4.71. The summed E-state index contributed by atoms with van der Waals surface area (Å²) in [6.07, 6.45) is 3.39. The van der Waals surface area contributed by atoms with E-state index in [2.05, 4.69) is 43.2 Å². The minimum absolute atomic E-state index is 0.222. The average Bonchev–Trinajstić information content (AvgIpc) is 2.30. The van der Waals surface area contributed by atoms with Gasteiger partial charge < -0.3 is 10.1 Å². The second-order valence-electron chi connectivity index (χ2n) is 5.54. The molecule has 3 heteroatoms. The van der Waals surface area contributed by atoms with Crippen LogP contribution in [-0.4, -0.2) is 24.2 Å². The highest BCUT2D eigenvalue weighted by Crippen LogP contribution is 2.42. The monoisotopic (exact) mass is 234 g/mol. The zero-order chi connectivity index (χ0) is 12.5. The molecule has 1 fully saturated rings. The smallest absolute Gasteiger partial charge is 0.0652 e. The largest absolute Gasteiger partial charge is 0.381 e. The van der Waals surface area contributed by atoms with Gasteiger partial charge in [-0.25, -0.2) is 0 Å². The molecule has 3 nitrogen and oxygen atoms in total. The van der Waals surface area contributed by atoms with Crippen LogP contribution >= 0.6 is 0 Å². The summed E-state index contributed by atoms with van der Waals surface area (Å²) in [5.41, 5.74) is 2.53. The predicted molar refractivity (Wildman–Crippen MR) is 68.8 cm³/mol. The van der Waals surface area contributed by atoms with Gasteiger partial charge in [-0.1, -0.05) is 19.9 Å². The van der Waals surface area contributed by atoms with Gasteiger partial charge in [-0.2, -0.15) is 0 Å². The number of rotatable bonds is 4. The first kappa shape index (κ1) is 12.5. The van der Waals surface area contributed by atoms with Crippen molar-refractivity contribution in [3.63, 3.8) is 0 Å². The van der Waals surface area contributed by atoms with Crippen molar-refractivity contribution in [2.24, 2.45) is 5.41 Å². The predicted octanol–water partition coefficient (Wildman–Crippen LogP) is 2.29. The van der Waals surface area contributed by atoms with Crippen molar-refractivity contribution in [2.75, 3.05) is 7.11 Å². The fourth-order valence-electron chi connectivity index (χ4n) is 2.46. The highest BCUT2D eigenvalue weighted by Gasteiger charge is 2.48. The van der Waals surface area contributed by atoms with Gasteiger partial charge in [0.15, 0.2) is 0 Å². The number of aryl methyl sites for hydroxylation is 1. The highest BCUT2D eigenvalue weighted by molar-refractivity contribution is 5.12. The van der Waals surface area contributed by atoms with Crippen LogP contribution in [-0.2, 0) is 11.3 Å². The summed E-state index contributed by atoms with van der Waals surface area (Å²) in [6.45, 7) is 7.41. The molecule has 0 aromatic carbocycles. The number of aromatic nitrogens is 1. The van der Waals surface area contributed by atoms with Crippen molar-refractivity contribution in [2.45, 2.75) is 45.9 Å². The molecule has 1 aliphatic carbocycles. The Morgan fingerprint density at radius 1 is 1.47 bits per heavy atom. The van der Waals surface area contributed by atoms with Crippen molar-refractivity contribution in [3.05, 3.63) is 29.6 Å². The molecule has 17 heavy (non-hydrogen) atoms. The molecule has 0 amide bonds. The number of nitrogens with one attached hydrogen (secondary N) is 1. The molecule has 1 N–H and O–H groups in total. The maximum absolute atomic E-state index is 5.44. The quantitative estimate of drug-likeness (QED) is 0.868. The fourth-order valence-corrected chi connectivity index (χ4v) is 2.46. The van der Waals surface area contributed by atoms with Crippen LogP contribution in [0.3, 0.4) is 0 Å². The Hall–Kier alpha value is -0.930. The van der Waals surface area contributed by atoms with E-state index in [1.807, 2.05) is 6.20 Å². The van der Waals surface area contributed by atoms with Gasteiger partial charge in [0, 0.05) is 31.3 Å². The Morgan fingerprint density at radius 2 is 2.24 bits per heavy atom. The van der Waals surface area contributed by atoms with Crippen molar-refractivity contribution in [1.82, 2.24) is 10.3 Å². The Labute approximate surface area is 104 Å². The van der Waals surface area contributed by atoms with E-state index in [0.717, 1.165) is 18.7 Å². The van der Waals surface area contributed by atoms with E-state index in [4.69, 9.17) is 4.74 Å². The molecule has 2 unspecified atom stereocenters. The summed E-state index contributed by atoms with van der Waals surface area (Å²) in [7, 11) is 1.80. The molecular formula is C14H22N2O. The van der Waals surface area contributed by atoms with Crippen molar-refractivity contribution < 1.29 is 4.74 Å². The molecule has 2 atom stereocenters. The number of hydrogen-bond donors (Lipinski definition) is 1. The van der Waals surface area contributed by atoms with E-state index in [-0.39, 0.29) is 5.41 Å². The molecule has 0 saturated heterocycles. The van der Waals surface area contributed by atoms with Gasteiger partial charge in [0.05, 0.1) is 11.8 Å². The van der Waals surface area contributed by atoms with E-state index in [0.29, 0.717) is 12.1 Å². The Morgan fingerprint density at radius 3 is 2.76 bits per heavy atom. The summed E-state index contributed by atoms with van der Waals surface area (Å²) >= 11 is 0. The summed E-state index contributed by atoms with van der Waals surface area (Å²) in [4.78, 5) is 4.40. The third-order valence-corrected chi connectivity index (χ3v) is 3.96. The van der Waals surface area contributed by atoms with E-state index in [1.165, 1.54) is 5.56 Å². The zero-order valence-electron chi connectivity index (χ0n) is 11.2. The summed E-state index contributed by atoms with van der Waals surface area (Å²) < 4.78 is 5.44. The minimum atomic E-state index is 0.222. The molecule has 94 valence electrons. The van der Waals surface area contributed by atoms with Crippen LogP contribution in [0, 0.1) is 12.3 Å². The second kappa shape index (κ2) is 4.75. The Bertz CT molecular complexity index is 372. The normalized spacial score (nSPS) is 26.6. The molecule has 1 saturated carbocycles. The second-order valence-corrected chi connectivity index (χ2v) is 5.54. The van der Waals surface area contributed by atoms with Crippen LogP contribution < -0.4 is 5.32 Å². The maximum Gasteiger partial charge on any atom is 0.0652 e. The van der Waals surface area contributed by atoms with Gasteiger partial charge in [0.25, 0.3) is 0 Å². The summed E-state index contributed by atoms with van der Waals surface area (Å²) in [5, 5.41) is 3.57. The van der Waals surface area contributed by atoms with Crippen LogP contribution in [0.5, 0.6) is 0 Å². The van der Waals surface area contributed by atoms with Crippen LogP contribution in [0.4, 0.5) is 0 Å². The molecule has 0 radical (unpaired) electrons. The zero-order valence-corrected chi connectivity index (χ0v) is 11.2. The molecule has 1 heterocycles. The Balaban J connectivity index is 1.86. The molecule has 1 aromatic rings. The lowest BCUT2D eigenvalue weighted by Crippen LogP contribution is -2.60. The lowest BCUT2D eigenvalue weighted by atomic mass is 9.64. The van der Waals surface area contributed by atoms with Gasteiger partial charge in [-0.05, 0) is 25.0 Å². The molecule has 1 aliphatic rings.